The smallest absolute Gasteiger partial charge is 0.329 e. The van der Waals surface area contributed by atoms with Crippen molar-refractivity contribution in [3.8, 4) is 0 Å². The molecule has 0 amide bonds. The lowest BCUT2D eigenvalue weighted by Crippen LogP contribution is -2.10. The van der Waals surface area contributed by atoms with Crippen LogP contribution in [0.25, 0.3) is 0 Å². The zero-order chi connectivity index (χ0) is 14.7. The molecule has 1 heterocycles. The largest absolute Gasteiger partial charge is 0.358 e. The maximum atomic E-state index is 10.9. The predicted molar refractivity (Wildman–Crippen MR) is 77.2 cm³/mol. The molecule has 8 heteroatoms. The fourth-order valence-electron chi connectivity index (χ4n) is 1.66. The lowest BCUT2D eigenvalue weighted by atomic mass is 10.1. The van der Waals surface area contributed by atoms with E-state index in [1.54, 1.807) is 18.2 Å². The SMILES string of the molecule is CC(Nc1nc(Cl)ncc1[N+](=O)[O-])c1cccc(Cl)c1. The van der Waals surface area contributed by atoms with Crippen molar-refractivity contribution in [3.05, 3.63) is 56.4 Å². The van der Waals surface area contributed by atoms with Crippen molar-refractivity contribution >= 4 is 34.7 Å². The maximum Gasteiger partial charge on any atom is 0.329 e. The molecule has 6 nitrogen and oxygen atoms in total. The Labute approximate surface area is 124 Å². The Morgan fingerprint density at radius 1 is 1.40 bits per heavy atom. The van der Waals surface area contributed by atoms with Gasteiger partial charge in [0.15, 0.2) is 0 Å². The number of nitro groups is 1. The van der Waals surface area contributed by atoms with Gasteiger partial charge in [-0.1, -0.05) is 23.7 Å². The summed E-state index contributed by atoms with van der Waals surface area (Å²) in [5.41, 5.74) is 0.643. The van der Waals surface area contributed by atoms with E-state index in [0.29, 0.717) is 5.02 Å². The van der Waals surface area contributed by atoms with Gasteiger partial charge < -0.3 is 5.32 Å². The molecular formula is C12H10Cl2N4O2. The topological polar surface area (TPSA) is 81.0 Å². The summed E-state index contributed by atoms with van der Waals surface area (Å²) in [6.07, 6.45) is 1.07. The molecule has 0 radical (unpaired) electrons. The third-order valence-electron chi connectivity index (χ3n) is 2.64. The number of rotatable bonds is 4. The first-order valence-electron chi connectivity index (χ1n) is 5.66. The minimum absolute atomic E-state index is 0.0589. The summed E-state index contributed by atoms with van der Waals surface area (Å²) in [5.74, 6) is 0.0717. The van der Waals surface area contributed by atoms with Crippen LogP contribution in [0.3, 0.4) is 0 Å². The first kappa shape index (κ1) is 14.5. The Morgan fingerprint density at radius 3 is 2.80 bits per heavy atom. The second kappa shape index (κ2) is 6.02. The highest BCUT2D eigenvalue weighted by molar-refractivity contribution is 6.30. The Kier molecular flexibility index (Phi) is 4.36. The van der Waals surface area contributed by atoms with Gasteiger partial charge in [0, 0.05) is 5.02 Å². The Morgan fingerprint density at radius 2 is 2.15 bits per heavy atom. The first-order valence-corrected chi connectivity index (χ1v) is 6.42. The number of nitrogens with zero attached hydrogens (tertiary/aromatic N) is 3. The monoisotopic (exact) mass is 312 g/mol. The molecule has 1 N–H and O–H groups in total. The van der Waals surface area contributed by atoms with Crippen molar-refractivity contribution in [1.29, 1.82) is 0 Å². The Bertz CT molecular complexity index is 651. The van der Waals surface area contributed by atoms with Gasteiger partial charge in [0.2, 0.25) is 11.1 Å². The number of aromatic nitrogens is 2. The molecule has 0 saturated carbocycles. The molecule has 2 rings (SSSR count). The van der Waals surface area contributed by atoms with Gasteiger partial charge in [-0.15, -0.1) is 0 Å². The molecule has 1 aromatic heterocycles. The molecule has 20 heavy (non-hydrogen) atoms. The highest BCUT2D eigenvalue weighted by Crippen LogP contribution is 2.27. The molecule has 2 aromatic rings. The van der Waals surface area contributed by atoms with E-state index in [2.05, 4.69) is 15.3 Å². The summed E-state index contributed by atoms with van der Waals surface area (Å²) in [6, 6.07) is 6.96. The van der Waals surface area contributed by atoms with E-state index in [1.807, 2.05) is 13.0 Å². The fourth-order valence-corrected chi connectivity index (χ4v) is 1.99. The lowest BCUT2D eigenvalue weighted by Gasteiger charge is -2.15. The zero-order valence-electron chi connectivity index (χ0n) is 10.4. The normalized spacial score (nSPS) is 11.9. The van der Waals surface area contributed by atoms with Crippen LogP contribution in [0.4, 0.5) is 11.5 Å². The van der Waals surface area contributed by atoms with E-state index >= 15 is 0 Å². The van der Waals surface area contributed by atoms with Gasteiger partial charge >= 0.3 is 5.69 Å². The van der Waals surface area contributed by atoms with Crippen LogP contribution in [0.5, 0.6) is 0 Å². The second-order valence-corrected chi connectivity index (χ2v) is 4.83. The van der Waals surface area contributed by atoms with Crippen LogP contribution < -0.4 is 5.32 Å². The van der Waals surface area contributed by atoms with Crippen molar-refractivity contribution in [2.45, 2.75) is 13.0 Å². The summed E-state index contributed by atoms with van der Waals surface area (Å²) < 4.78 is 0. The molecule has 1 aromatic carbocycles. The van der Waals surface area contributed by atoms with Crippen molar-refractivity contribution in [2.75, 3.05) is 5.32 Å². The lowest BCUT2D eigenvalue weighted by molar-refractivity contribution is -0.384. The van der Waals surface area contributed by atoms with Crippen molar-refractivity contribution < 1.29 is 4.92 Å². The number of halogens is 2. The number of hydrogen-bond donors (Lipinski definition) is 1. The number of benzene rings is 1. The van der Waals surface area contributed by atoms with Gasteiger partial charge in [-0.2, -0.15) is 4.98 Å². The van der Waals surface area contributed by atoms with Gasteiger partial charge in [-0.25, -0.2) is 4.98 Å². The average molecular weight is 313 g/mol. The van der Waals surface area contributed by atoms with E-state index < -0.39 is 4.92 Å². The molecule has 1 atom stereocenters. The minimum atomic E-state index is -0.566. The summed E-state index contributed by atoms with van der Waals surface area (Å²) >= 11 is 11.6. The number of anilines is 1. The summed E-state index contributed by atoms with van der Waals surface area (Å²) in [7, 11) is 0. The quantitative estimate of drug-likeness (QED) is 0.526. The highest BCUT2D eigenvalue weighted by atomic mass is 35.5. The number of hydrogen-bond acceptors (Lipinski definition) is 5. The second-order valence-electron chi connectivity index (χ2n) is 4.05. The van der Waals surface area contributed by atoms with Crippen molar-refractivity contribution in [1.82, 2.24) is 9.97 Å². The molecule has 1 unspecified atom stereocenters. The minimum Gasteiger partial charge on any atom is -0.358 e. The Balaban J connectivity index is 2.29. The van der Waals surface area contributed by atoms with E-state index in [0.717, 1.165) is 11.8 Å². The van der Waals surface area contributed by atoms with Crippen molar-refractivity contribution in [3.63, 3.8) is 0 Å². The van der Waals surface area contributed by atoms with Gasteiger partial charge in [-0.3, -0.25) is 10.1 Å². The maximum absolute atomic E-state index is 10.9. The molecule has 0 aliphatic heterocycles. The fraction of sp³-hybridized carbons (Fsp3) is 0.167. The van der Waals surface area contributed by atoms with Crippen LogP contribution in [0.15, 0.2) is 30.5 Å². The van der Waals surface area contributed by atoms with Crippen LogP contribution in [0.2, 0.25) is 10.3 Å². The molecule has 0 fully saturated rings. The summed E-state index contributed by atoms with van der Waals surface area (Å²) in [5, 5.41) is 14.4. The first-order chi connectivity index (χ1) is 9.47. The van der Waals surface area contributed by atoms with E-state index in [4.69, 9.17) is 23.2 Å². The standard InChI is InChI=1S/C12H10Cl2N4O2/c1-7(8-3-2-4-9(13)5-8)16-11-10(18(19)20)6-15-12(14)17-11/h2-7H,1H3,(H,15,16,17). The molecular weight excluding hydrogens is 303 g/mol. The third kappa shape index (κ3) is 3.34. The van der Waals surface area contributed by atoms with E-state index in [9.17, 15) is 10.1 Å². The number of nitrogens with one attached hydrogen (secondary N) is 1. The molecule has 0 aliphatic rings. The Hall–Kier alpha value is -1.92. The van der Waals surface area contributed by atoms with Gasteiger partial charge in [-0.05, 0) is 36.2 Å². The van der Waals surface area contributed by atoms with Crippen LogP contribution in [0.1, 0.15) is 18.5 Å². The molecule has 0 aliphatic carbocycles. The highest BCUT2D eigenvalue weighted by Gasteiger charge is 2.19. The summed E-state index contributed by atoms with van der Waals surface area (Å²) in [6.45, 7) is 1.84. The van der Waals surface area contributed by atoms with Crippen LogP contribution in [-0.2, 0) is 0 Å². The molecule has 0 spiro atoms. The van der Waals surface area contributed by atoms with Crippen LogP contribution in [0, 0.1) is 10.1 Å². The van der Waals surface area contributed by atoms with Gasteiger partial charge in [0.1, 0.15) is 6.20 Å². The zero-order valence-corrected chi connectivity index (χ0v) is 11.9. The van der Waals surface area contributed by atoms with Crippen LogP contribution >= 0.6 is 23.2 Å². The van der Waals surface area contributed by atoms with Crippen molar-refractivity contribution in [2.24, 2.45) is 0 Å². The van der Waals surface area contributed by atoms with Crippen LogP contribution in [-0.4, -0.2) is 14.9 Å². The molecule has 0 saturated heterocycles. The van der Waals surface area contributed by atoms with Gasteiger partial charge in [0.25, 0.3) is 0 Å². The molecule has 0 bridgehead atoms. The molecule has 104 valence electrons. The van der Waals surface area contributed by atoms with E-state index in [1.165, 1.54) is 0 Å². The van der Waals surface area contributed by atoms with E-state index in [-0.39, 0.29) is 22.8 Å². The van der Waals surface area contributed by atoms with Gasteiger partial charge in [0.05, 0.1) is 11.0 Å². The predicted octanol–water partition coefficient (Wildman–Crippen LogP) is 3.86. The third-order valence-corrected chi connectivity index (χ3v) is 3.06. The summed E-state index contributed by atoms with van der Waals surface area (Å²) in [4.78, 5) is 17.8. The average Bonchev–Trinajstić information content (AvgIpc) is 2.38.